The van der Waals surface area contributed by atoms with Crippen molar-refractivity contribution in [3.05, 3.63) is 59.2 Å². The molecule has 8 heteroatoms. The van der Waals surface area contributed by atoms with E-state index in [0.717, 1.165) is 35.1 Å². The van der Waals surface area contributed by atoms with Crippen LogP contribution in [0.4, 0.5) is 0 Å². The van der Waals surface area contributed by atoms with Gasteiger partial charge >= 0.3 is 0 Å². The molecule has 1 amide bonds. The molecule has 0 aliphatic heterocycles. The quantitative estimate of drug-likeness (QED) is 0.679. The number of tetrazole rings is 1. The van der Waals surface area contributed by atoms with E-state index in [-0.39, 0.29) is 18.2 Å². The maximum Gasteiger partial charge on any atom is 0.263 e. The van der Waals surface area contributed by atoms with Crippen molar-refractivity contribution in [2.75, 3.05) is 0 Å². The molecule has 142 valence electrons. The van der Waals surface area contributed by atoms with Crippen molar-refractivity contribution in [1.82, 2.24) is 25.6 Å². The number of amides is 1. The lowest BCUT2D eigenvalue weighted by molar-refractivity contribution is -0.122. The molecule has 0 fully saturated rings. The van der Waals surface area contributed by atoms with Gasteiger partial charge in [-0.3, -0.25) is 4.79 Å². The first-order chi connectivity index (χ1) is 13.6. The smallest absolute Gasteiger partial charge is 0.263 e. The van der Waals surface area contributed by atoms with E-state index in [0.29, 0.717) is 18.0 Å². The van der Waals surface area contributed by atoms with Crippen LogP contribution in [-0.2, 0) is 17.8 Å². The highest BCUT2D eigenvalue weighted by Crippen LogP contribution is 2.31. The zero-order valence-electron chi connectivity index (χ0n) is 15.5. The van der Waals surface area contributed by atoms with E-state index in [2.05, 4.69) is 25.9 Å². The molecule has 0 bridgehead atoms. The maximum absolute atomic E-state index is 12.3. The Morgan fingerprint density at radius 1 is 1.21 bits per heavy atom. The summed E-state index contributed by atoms with van der Waals surface area (Å²) >= 11 is 0. The molecule has 28 heavy (non-hydrogen) atoms. The van der Waals surface area contributed by atoms with Crippen LogP contribution in [0, 0.1) is 6.92 Å². The van der Waals surface area contributed by atoms with Gasteiger partial charge in [-0.15, -0.1) is 10.2 Å². The number of rotatable bonds is 4. The third-order valence-corrected chi connectivity index (χ3v) is 4.74. The first kappa shape index (κ1) is 17.8. The number of carbonyl (C=O) groups excluding carboxylic acids is 1. The Balaban J connectivity index is 1.46. The van der Waals surface area contributed by atoms with Gasteiger partial charge in [0.1, 0.15) is 12.3 Å². The number of benzene rings is 2. The van der Waals surface area contributed by atoms with Crippen molar-refractivity contribution in [1.29, 1.82) is 0 Å². The Hall–Kier alpha value is -3.55. The van der Waals surface area contributed by atoms with E-state index in [4.69, 9.17) is 0 Å². The summed E-state index contributed by atoms with van der Waals surface area (Å²) in [6, 6.07) is 13.0. The van der Waals surface area contributed by atoms with Gasteiger partial charge in [-0.1, -0.05) is 36.4 Å². The van der Waals surface area contributed by atoms with Crippen LogP contribution in [0.3, 0.4) is 0 Å². The number of phenolic OH excluding ortho intramolecular Hbond substituents is 1. The molecule has 4 rings (SSSR count). The Labute approximate surface area is 161 Å². The van der Waals surface area contributed by atoms with Crippen LogP contribution in [0.5, 0.6) is 5.75 Å². The van der Waals surface area contributed by atoms with Crippen molar-refractivity contribution in [3.63, 3.8) is 0 Å². The molecule has 2 N–H and O–H groups in total. The second kappa shape index (κ2) is 7.59. The average Bonchev–Trinajstić information content (AvgIpc) is 3.18. The van der Waals surface area contributed by atoms with Crippen LogP contribution >= 0.6 is 0 Å². The lowest BCUT2D eigenvalue weighted by Gasteiger charge is -2.20. The van der Waals surface area contributed by atoms with Gasteiger partial charge in [-0.25, -0.2) is 5.43 Å². The van der Waals surface area contributed by atoms with Crippen molar-refractivity contribution >= 4 is 11.6 Å². The molecule has 1 heterocycles. The van der Waals surface area contributed by atoms with Gasteiger partial charge in [0.15, 0.2) is 0 Å². The van der Waals surface area contributed by atoms with Crippen LogP contribution in [0.1, 0.15) is 29.5 Å². The summed E-state index contributed by atoms with van der Waals surface area (Å²) in [5.74, 6) is 0.295. The lowest BCUT2D eigenvalue weighted by Crippen LogP contribution is -2.27. The molecule has 0 unspecified atom stereocenters. The van der Waals surface area contributed by atoms with E-state index in [1.165, 1.54) is 4.80 Å². The number of hydrazone groups is 1. The maximum atomic E-state index is 12.3. The number of aromatic nitrogens is 4. The number of carbonyl (C=O) groups is 1. The fourth-order valence-corrected chi connectivity index (χ4v) is 3.36. The largest absolute Gasteiger partial charge is 0.507 e. The number of hydrogen-bond donors (Lipinski definition) is 2. The summed E-state index contributed by atoms with van der Waals surface area (Å²) in [5, 5.41) is 26.6. The third kappa shape index (κ3) is 3.62. The molecule has 0 atom stereocenters. The first-order valence-electron chi connectivity index (χ1n) is 9.12. The fourth-order valence-electron chi connectivity index (χ4n) is 3.36. The lowest BCUT2D eigenvalue weighted by atomic mass is 9.86. The predicted molar refractivity (Wildman–Crippen MR) is 104 cm³/mol. The van der Waals surface area contributed by atoms with E-state index < -0.39 is 0 Å². The van der Waals surface area contributed by atoms with E-state index >= 15 is 0 Å². The molecular formula is C20H20N6O2. The molecule has 3 aromatic rings. The first-order valence-corrected chi connectivity index (χ1v) is 9.12. The number of fused-ring (bicyclic) bond motifs is 1. The molecule has 0 radical (unpaired) electrons. The summed E-state index contributed by atoms with van der Waals surface area (Å²) in [6.07, 6.45) is 2.52. The molecule has 1 aliphatic rings. The van der Waals surface area contributed by atoms with Gasteiger partial charge < -0.3 is 5.11 Å². The minimum atomic E-state index is -0.358. The summed E-state index contributed by atoms with van der Waals surface area (Å²) in [6.45, 7) is 1.92. The average molecular weight is 376 g/mol. The van der Waals surface area contributed by atoms with Gasteiger partial charge in [0.25, 0.3) is 5.91 Å². The zero-order chi connectivity index (χ0) is 19.5. The number of nitrogens with one attached hydrogen (secondary N) is 1. The summed E-state index contributed by atoms with van der Waals surface area (Å²) in [7, 11) is 0. The highest BCUT2D eigenvalue weighted by molar-refractivity contribution is 6.05. The third-order valence-electron chi connectivity index (χ3n) is 4.74. The van der Waals surface area contributed by atoms with Crippen LogP contribution in [0.25, 0.3) is 11.4 Å². The molecule has 0 spiro atoms. The molecular weight excluding hydrogens is 356 g/mol. The zero-order valence-corrected chi connectivity index (χ0v) is 15.5. The molecule has 8 nitrogen and oxygen atoms in total. The Morgan fingerprint density at radius 3 is 2.86 bits per heavy atom. The number of aromatic hydroxyl groups is 1. The standard InChI is InChI=1S/C20H20N6O2/c1-13-10-11-17(27)19-15(13)8-5-9-16(19)21-22-18(28)12-26-24-20(23-25-26)14-6-3-2-4-7-14/h2-4,6-7,10-11,27H,5,8-9,12H2,1H3,(H,22,28)/b21-16+. The van der Waals surface area contributed by atoms with Crippen molar-refractivity contribution < 1.29 is 9.90 Å². The second-order valence-electron chi connectivity index (χ2n) is 6.71. The Bertz CT molecular complexity index is 1040. The Kier molecular flexibility index (Phi) is 4.84. The molecule has 1 aliphatic carbocycles. The highest BCUT2D eigenvalue weighted by atomic mass is 16.3. The fraction of sp³-hybridized carbons (Fsp3) is 0.250. The van der Waals surface area contributed by atoms with Gasteiger partial charge in [0.05, 0.1) is 5.71 Å². The van der Waals surface area contributed by atoms with E-state index in [1.54, 1.807) is 6.07 Å². The normalized spacial score (nSPS) is 14.7. The van der Waals surface area contributed by atoms with Crippen molar-refractivity contribution in [2.24, 2.45) is 5.10 Å². The van der Waals surface area contributed by atoms with Gasteiger partial charge in [0.2, 0.25) is 5.82 Å². The summed E-state index contributed by atoms with van der Waals surface area (Å²) in [5.41, 5.74) is 7.00. The van der Waals surface area contributed by atoms with E-state index in [9.17, 15) is 9.90 Å². The van der Waals surface area contributed by atoms with Crippen molar-refractivity contribution in [3.8, 4) is 17.1 Å². The minimum Gasteiger partial charge on any atom is -0.507 e. The molecule has 1 aromatic heterocycles. The monoisotopic (exact) mass is 376 g/mol. The van der Waals surface area contributed by atoms with Crippen LogP contribution < -0.4 is 5.43 Å². The van der Waals surface area contributed by atoms with Crippen LogP contribution in [0.2, 0.25) is 0 Å². The van der Waals surface area contributed by atoms with E-state index in [1.807, 2.05) is 43.3 Å². The topological polar surface area (TPSA) is 105 Å². The number of nitrogens with zero attached hydrogens (tertiary/aromatic N) is 5. The molecule has 0 saturated carbocycles. The van der Waals surface area contributed by atoms with Crippen LogP contribution in [-0.4, -0.2) is 36.9 Å². The van der Waals surface area contributed by atoms with Gasteiger partial charge in [0, 0.05) is 11.1 Å². The van der Waals surface area contributed by atoms with Crippen molar-refractivity contribution in [2.45, 2.75) is 32.7 Å². The number of phenols is 1. The summed E-state index contributed by atoms with van der Waals surface area (Å²) in [4.78, 5) is 13.5. The van der Waals surface area contributed by atoms with Gasteiger partial charge in [-0.05, 0) is 48.6 Å². The van der Waals surface area contributed by atoms with Gasteiger partial charge in [-0.2, -0.15) is 9.90 Å². The Morgan fingerprint density at radius 2 is 2.04 bits per heavy atom. The van der Waals surface area contributed by atoms with Crippen LogP contribution in [0.15, 0.2) is 47.6 Å². The highest BCUT2D eigenvalue weighted by Gasteiger charge is 2.21. The molecule has 2 aromatic carbocycles. The number of aryl methyl sites for hydroxylation is 1. The SMILES string of the molecule is Cc1ccc(O)c2c1CCC/C2=N\NC(=O)Cn1nnc(-c2ccccc2)n1. The predicted octanol–water partition coefficient (Wildman–Crippen LogP) is 2.21. The second-order valence-corrected chi connectivity index (χ2v) is 6.71. The summed E-state index contributed by atoms with van der Waals surface area (Å²) < 4.78 is 0. The number of hydrogen-bond acceptors (Lipinski definition) is 6. The molecule has 0 saturated heterocycles. The minimum absolute atomic E-state index is 0.0940.